The second-order valence-electron chi connectivity index (χ2n) is 7.42. The zero-order chi connectivity index (χ0) is 18.7. The fourth-order valence-corrected chi connectivity index (χ4v) is 2.60. The van der Waals surface area contributed by atoms with Crippen LogP contribution in [-0.2, 0) is 12.0 Å². The molecule has 0 radical (unpaired) electrons. The Bertz CT molecular complexity index is 504. The van der Waals surface area contributed by atoms with E-state index in [-0.39, 0.29) is 29.4 Å². The summed E-state index contributed by atoms with van der Waals surface area (Å²) in [5, 5.41) is 6.62. The molecule has 1 aromatic heterocycles. The van der Waals surface area contributed by atoms with Crippen molar-refractivity contribution in [1.29, 1.82) is 0 Å². The van der Waals surface area contributed by atoms with E-state index in [2.05, 4.69) is 60.1 Å². The van der Waals surface area contributed by atoms with Crippen LogP contribution in [0.3, 0.4) is 0 Å². The van der Waals surface area contributed by atoms with Crippen molar-refractivity contribution in [2.24, 2.45) is 4.99 Å². The molecule has 0 saturated heterocycles. The summed E-state index contributed by atoms with van der Waals surface area (Å²) < 4.78 is 5.79. The molecule has 0 fully saturated rings. The highest BCUT2D eigenvalue weighted by molar-refractivity contribution is 14.0. The lowest BCUT2D eigenvalue weighted by atomic mass is 9.94. The largest absolute Gasteiger partial charge is 0.443 e. The lowest BCUT2D eigenvalue weighted by molar-refractivity contribution is 0.271. The van der Waals surface area contributed by atoms with Gasteiger partial charge >= 0.3 is 0 Å². The standard InChI is InChI=1S/C19H37N5O.HI/c1-7-11-24(12-8-2)13-9-10-21-18(20-6)23-15-17-22-14-16(25-17)19(3,4)5;/h14H,7-13,15H2,1-6H3,(H2,20,21,23);1H. The fraction of sp³-hybridized carbons (Fsp3) is 0.789. The number of nitrogens with one attached hydrogen (secondary N) is 2. The minimum atomic E-state index is -0.0198. The van der Waals surface area contributed by atoms with Crippen LogP contribution >= 0.6 is 24.0 Å². The normalized spacial score (nSPS) is 12.2. The van der Waals surface area contributed by atoms with Gasteiger partial charge in [-0.15, -0.1) is 24.0 Å². The number of oxazole rings is 1. The highest BCUT2D eigenvalue weighted by Gasteiger charge is 2.19. The Labute approximate surface area is 176 Å². The first kappa shape index (κ1) is 25.2. The number of nitrogens with zero attached hydrogens (tertiary/aromatic N) is 3. The summed E-state index contributed by atoms with van der Waals surface area (Å²) in [6.07, 6.45) is 5.34. The van der Waals surface area contributed by atoms with Crippen molar-refractivity contribution in [3.05, 3.63) is 17.8 Å². The van der Waals surface area contributed by atoms with E-state index in [1.54, 1.807) is 7.05 Å². The molecule has 0 bridgehead atoms. The van der Waals surface area contributed by atoms with E-state index in [0.717, 1.165) is 31.2 Å². The van der Waals surface area contributed by atoms with E-state index in [1.165, 1.54) is 25.9 Å². The van der Waals surface area contributed by atoms with Crippen LogP contribution in [0.2, 0.25) is 0 Å². The smallest absolute Gasteiger partial charge is 0.213 e. The minimum absolute atomic E-state index is 0. The first-order valence-electron chi connectivity index (χ1n) is 9.52. The molecule has 0 amide bonds. The maximum absolute atomic E-state index is 5.79. The second-order valence-corrected chi connectivity index (χ2v) is 7.42. The van der Waals surface area contributed by atoms with E-state index < -0.39 is 0 Å². The Morgan fingerprint density at radius 2 is 1.81 bits per heavy atom. The Morgan fingerprint density at radius 1 is 1.15 bits per heavy atom. The molecule has 0 aromatic carbocycles. The highest BCUT2D eigenvalue weighted by atomic mass is 127. The third-order valence-corrected chi connectivity index (χ3v) is 3.95. The number of halogens is 1. The molecule has 1 rings (SSSR count). The SMILES string of the molecule is CCCN(CCC)CCCNC(=NC)NCc1ncc(C(C)(C)C)o1.I. The zero-order valence-corrected chi connectivity index (χ0v) is 19.7. The molecule has 1 heterocycles. The summed E-state index contributed by atoms with van der Waals surface area (Å²) >= 11 is 0. The van der Waals surface area contributed by atoms with Crippen molar-refractivity contribution in [3.63, 3.8) is 0 Å². The third-order valence-electron chi connectivity index (χ3n) is 3.95. The lowest BCUT2D eigenvalue weighted by Gasteiger charge is -2.21. The number of aliphatic imine (C=N–C) groups is 1. The van der Waals surface area contributed by atoms with E-state index >= 15 is 0 Å². The Balaban J connectivity index is 0.00000625. The summed E-state index contributed by atoms with van der Waals surface area (Å²) in [5.41, 5.74) is -0.0198. The number of rotatable bonds is 10. The van der Waals surface area contributed by atoms with Crippen LogP contribution < -0.4 is 10.6 Å². The number of hydrogen-bond acceptors (Lipinski definition) is 4. The average Bonchev–Trinajstić information content (AvgIpc) is 3.04. The number of aromatic nitrogens is 1. The van der Waals surface area contributed by atoms with Crippen LogP contribution in [0, 0.1) is 0 Å². The van der Waals surface area contributed by atoms with Gasteiger partial charge in [-0.25, -0.2) is 4.98 Å². The maximum atomic E-state index is 5.79. The van der Waals surface area contributed by atoms with Gasteiger partial charge in [-0.1, -0.05) is 34.6 Å². The molecule has 0 unspecified atom stereocenters. The summed E-state index contributed by atoms with van der Waals surface area (Å²) in [7, 11) is 1.78. The minimum Gasteiger partial charge on any atom is -0.443 e. The summed E-state index contributed by atoms with van der Waals surface area (Å²) in [6.45, 7) is 15.8. The molecule has 26 heavy (non-hydrogen) atoms. The predicted octanol–water partition coefficient (Wildman–Crippen LogP) is 3.77. The quantitative estimate of drug-likeness (QED) is 0.232. The van der Waals surface area contributed by atoms with E-state index in [0.29, 0.717) is 12.4 Å². The number of hydrogen-bond donors (Lipinski definition) is 2. The van der Waals surface area contributed by atoms with Gasteiger partial charge in [0.2, 0.25) is 5.89 Å². The Morgan fingerprint density at radius 3 is 2.31 bits per heavy atom. The van der Waals surface area contributed by atoms with Gasteiger partial charge in [-0.2, -0.15) is 0 Å². The Hall–Kier alpha value is -0.830. The predicted molar refractivity (Wildman–Crippen MR) is 120 cm³/mol. The molecule has 1 aromatic rings. The van der Waals surface area contributed by atoms with Crippen molar-refractivity contribution in [2.75, 3.05) is 33.2 Å². The number of guanidine groups is 1. The molecule has 0 saturated carbocycles. The fourth-order valence-electron chi connectivity index (χ4n) is 2.60. The molecular weight excluding hydrogens is 441 g/mol. The van der Waals surface area contributed by atoms with Gasteiger partial charge in [-0.3, -0.25) is 4.99 Å². The van der Waals surface area contributed by atoms with Gasteiger partial charge in [-0.05, 0) is 38.9 Å². The van der Waals surface area contributed by atoms with Crippen molar-refractivity contribution in [2.45, 2.75) is 65.8 Å². The molecule has 152 valence electrons. The van der Waals surface area contributed by atoms with E-state index in [4.69, 9.17) is 4.42 Å². The van der Waals surface area contributed by atoms with Gasteiger partial charge in [0, 0.05) is 19.0 Å². The third kappa shape index (κ3) is 9.75. The van der Waals surface area contributed by atoms with Crippen LogP contribution in [0.5, 0.6) is 0 Å². The van der Waals surface area contributed by atoms with Crippen molar-refractivity contribution >= 4 is 29.9 Å². The molecule has 0 aliphatic carbocycles. The first-order valence-corrected chi connectivity index (χ1v) is 9.52. The van der Waals surface area contributed by atoms with Crippen molar-refractivity contribution in [3.8, 4) is 0 Å². The zero-order valence-electron chi connectivity index (χ0n) is 17.4. The topological polar surface area (TPSA) is 65.7 Å². The van der Waals surface area contributed by atoms with Gasteiger partial charge < -0.3 is 20.0 Å². The second kappa shape index (κ2) is 13.4. The van der Waals surface area contributed by atoms with Crippen LogP contribution in [0.15, 0.2) is 15.6 Å². The van der Waals surface area contributed by atoms with E-state index in [9.17, 15) is 0 Å². The molecule has 0 aliphatic rings. The average molecular weight is 479 g/mol. The van der Waals surface area contributed by atoms with Crippen molar-refractivity contribution < 1.29 is 4.42 Å². The first-order chi connectivity index (χ1) is 11.9. The molecule has 0 atom stereocenters. The molecule has 2 N–H and O–H groups in total. The van der Waals surface area contributed by atoms with Crippen LogP contribution in [-0.4, -0.2) is 49.1 Å². The van der Waals surface area contributed by atoms with Crippen molar-refractivity contribution in [1.82, 2.24) is 20.5 Å². The molecule has 0 aliphatic heterocycles. The summed E-state index contributed by atoms with van der Waals surface area (Å²) in [5.74, 6) is 2.37. The van der Waals surface area contributed by atoms with Gasteiger partial charge in [0.15, 0.2) is 5.96 Å². The monoisotopic (exact) mass is 479 g/mol. The maximum Gasteiger partial charge on any atom is 0.213 e. The molecular formula is C19H38IN5O. The van der Waals surface area contributed by atoms with Crippen LogP contribution in [0.1, 0.15) is 65.5 Å². The molecule has 6 nitrogen and oxygen atoms in total. The molecule has 7 heteroatoms. The highest BCUT2D eigenvalue weighted by Crippen LogP contribution is 2.22. The summed E-state index contributed by atoms with van der Waals surface area (Å²) in [6, 6.07) is 0. The Kier molecular flexibility index (Phi) is 12.9. The van der Waals surface area contributed by atoms with E-state index in [1.807, 2.05) is 6.20 Å². The van der Waals surface area contributed by atoms with Gasteiger partial charge in [0.1, 0.15) is 5.76 Å². The van der Waals surface area contributed by atoms with Crippen LogP contribution in [0.25, 0.3) is 0 Å². The van der Waals surface area contributed by atoms with Gasteiger partial charge in [0.25, 0.3) is 0 Å². The molecule has 0 spiro atoms. The van der Waals surface area contributed by atoms with Gasteiger partial charge in [0.05, 0.1) is 12.7 Å². The van der Waals surface area contributed by atoms with Crippen LogP contribution in [0.4, 0.5) is 0 Å². The summed E-state index contributed by atoms with van der Waals surface area (Å²) in [4.78, 5) is 11.1. The lowest BCUT2D eigenvalue weighted by Crippen LogP contribution is -2.38.